The van der Waals surface area contributed by atoms with Crippen molar-refractivity contribution < 1.29 is 9.26 Å². The molecule has 1 aliphatic carbocycles. The Morgan fingerprint density at radius 2 is 1.84 bits per heavy atom. The van der Waals surface area contributed by atoms with Gasteiger partial charge in [-0.3, -0.25) is 4.90 Å². The zero-order valence-corrected chi connectivity index (χ0v) is 14.8. The van der Waals surface area contributed by atoms with E-state index in [4.69, 9.17) is 14.2 Å². The Morgan fingerprint density at radius 3 is 2.64 bits per heavy atom. The molecule has 1 aliphatic heterocycles. The molecule has 134 valence electrons. The molecule has 1 unspecified atom stereocenters. The molecule has 1 saturated carbocycles. The van der Waals surface area contributed by atoms with Gasteiger partial charge in [0, 0.05) is 25.6 Å². The lowest BCUT2D eigenvalue weighted by molar-refractivity contribution is -0.0380. The van der Waals surface area contributed by atoms with Crippen LogP contribution >= 0.6 is 0 Å². The molecule has 1 atom stereocenters. The van der Waals surface area contributed by atoms with Crippen molar-refractivity contribution in [3.63, 3.8) is 0 Å². The van der Waals surface area contributed by atoms with E-state index in [1.54, 1.807) is 0 Å². The highest BCUT2D eigenvalue weighted by Crippen LogP contribution is 2.31. The lowest BCUT2D eigenvalue weighted by Crippen LogP contribution is -2.38. The van der Waals surface area contributed by atoms with Crippen LogP contribution in [0.15, 0.2) is 34.9 Å². The van der Waals surface area contributed by atoms with E-state index in [2.05, 4.69) is 40.4 Å². The topological polar surface area (TPSA) is 51.4 Å². The standard InChI is InChI=1S/C20H27N3O2/c1-2-7-11-17(10-6-1)20-21-19(22-25-20)18-15-23(12-13-24-18)14-16-8-4-3-5-9-16/h3-5,8-9,17-18H,1-2,6-7,10-15H2. The average molecular weight is 341 g/mol. The average Bonchev–Trinajstić information content (AvgIpc) is 2.99. The molecule has 1 aromatic heterocycles. The summed E-state index contributed by atoms with van der Waals surface area (Å²) in [4.78, 5) is 7.12. The van der Waals surface area contributed by atoms with E-state index >= 15 is 0 Å². The first-order chi connectivity index (χ1) is 12.4. The number of rotatable bonds is 4. The molecule has 0 spiro atoms. The minimum absolute atomic E-state index is 0.0826. The molecular weight excluding hydrogens is 314 g/mol. The number of morpholine rings is 1. The van der Waals surface area contributed by atoms with E-state index in [0.29, 0.717) is 12.5 Å². The molecule has 4 rings (SSSR count). The summed E-state index contributed by atoms with van der Waals surface area (Å²) >= 11 is 0. The molecule has 0 amide bonds. The van der Waals surface area contributed by atoms with Gasteiger partial charge in [-0.2, -0.15) is 4.98 Å². The summed E-state index contributed by atoms with van der Waals surface area (Å²) in [6.07, 6.45) is 7.47. The van der Waals surface area contributed by atoms with Crippen molar-refractivity contribution in [2.75, 3.05) is 19.7 Å². The highest BCUT2D eigenvalue weighted by atomic mass is 16.5. The predicted molar refractivity (Wildman–Crippen MR) is 95.2 cm³/mol. The maximum absolute atomic E-state index is 5.93. The van der Waals surface area contributed by atoms with Crippen molar-refractivity contribution in [1.82, 2.24) is 15.0 Å². The monoisotopic (exact) mass is 341 g/mol. The Labute approximate surface area is 149 Å². The van der Waals surface area contributed by atoms with Crippen molar-refractivity contribution in [2.45, 2.75) is 57.1 Å². The third kappa shape index (κ3) is 4.28. The number of nitrogens with zero attached hydrogens (tertiary/aromatic N) is 3. The van der Waals surface area contributed by atoms with E-state index < -0.39 is 0 Å². The fourth-order valence-electron chi connectivity index (χ4n) is 3.91. The molecule has 0 N–H and O–H groups in total. The van der Waals surface area contributed by atoms with Gasteiger partial charge in [0.25, 0.3) is 0 Å². The molecule has 5 nitrogen and oxygen atoms in total. The van der Waals surface area contributed by atoms with Gasteiger partial charge >= 0.3 is 0 Å². The number of aromatic nitrogens is 2. The highest BCUT2D eigenvalue weighted by molar-refractivity contribution is 5.14. The molecule has 2 heterocycles. The Morgan fingerprint density at radius 1 is 1.04 bits per heavy atom. The van der Waals surface area contributed by atoms with E-state index in [1.807, 2.05) is 0 Å². The van der Waals surface area contributed by atoms with Crippen molar-refractivity contribution in [2.24, 2.45) is 0 Å². The Bertz CT molecular complexity index is 650. The minimum Gasteiger partial charge on any atom is -0.367 e. The SMILES string of the molecule is c1ccc(CN2CCOC(c3noc(C4CCCCCC4)n3)C2)cc1. The fourth-order valence-corrected chi connectivity index (χ4v) is 3.91. The first-order valence-electron chi connectivity index (χ1n) is 9.60. The molecule has 2 aromatic rings. The second-order valence-electron chi connectivity index (χ2n) is 7.26. The van der Waals surface area contributed by atoms with E-state index in [9.17, 15) is 0 Å². The predicted octanol–water partition coefficient (Wildman–Crippen LogP) is 4.08. The Hall–Kier alpha value is -1.72. The van der Waals surface area contributed by atoms with Crippen molar-refractivity contribution in [3.05, 3.63) is 47.6 Å². The van der Waals surface area contributed by atoms with E-state index in [-0.39, 0.29) is 6.10 Å². The normalized spacial score (nSPS) is 23.4. The summed E-state index contributed by atoms with van der Waals surface area (Å²) in [5.41, 5.74) is 1.33. The molecule has 1 aromatic carbocycles. The van der Waals surface area contributed by atoms with Gasteiger partial charge in [-0.05, 0) is 18.4 Å². The van der Waals surface area contributed by atoms with Crippen LogP contribution < -0.4 is 0 Å². The van der Waals surface area contributed by atoms with Crippen LogP contribution in [0.5, 0.6) is 0 Å². The lowest BCUT2D eigenvalue weighted by Gasteiger charge is -2.31. The van der Waals surface area contributed by atoms with Crippen LogP contribution in [0.2, 0.25) is 0 Å². The molecule has 0 bridgehead atoms. The molecule has 5 heteroatoms. The van der Waals surface area contributed by atoms with E-state index in [1.165, 1.54) is 44.1 Å². The fraction of sp³-hybridized carbons (Fsp3) is 0.600. The molecular formula is C20H27N3O2. The third-order valence-corrected chi connectivity index (χ3v) is 5.35. The summed E-state index contributed by atoms with van der Waals surface area (Å²) < 4.78 is 11.5. The zero-order valence-electron chi connectivity index (χ0n) is 14.8. The number of hydrogen-bond acceptors (Lipinski definition) is 5. The number of ether oxygens (including phenoxy) is 1. The Balaban J connectivity index is 1.39. The van der Waals surface area contributed by atoms with Crippen molar-refractivity contribution >= 4 is 0 Å². The van der Waals surface area contributed by atoms with Gasteiger partial charge in [0.05, 0.1) is 6.61 Å². The second-order valence-corrected chi connectivity index (χ2v) is 7.26. The molecule has 2 aliphatic rings. The quantitative estimate of drug-likeness (QED) is 0.784. The van der Waals surface area contributed by atoms with Crippen LogP contribution in [0.1, 0.15) is 67.8 Å². The van der Waals surface area contributed by atoms with Crippen LogP contribution in [-0.4, -0.2) is 34.7 Å². The van der Waals surface area contributed by atoms with Gasteiger partial charge < -0.3 is 9.26 Å². The summed E-state index contributed by atoms with van der Waals surface area (Å²) in [5, 5.41) is 4.25. The first kappa shape index (κ1) is 16.7. The first-order valence-corrected chi connectivity index (χ1v) is 9.60. The zero-order chi connectivity index (χ0) is 16.9. The van der Waals surface area contributed by atoms with Crippen LogP contribution in [0.4, 0.5) is 0 Å². The molecule has 1 saturated heterocycles. The largest absolute Gasteiger partial charge is 0.367 e. The lowest BCUT2D eigenvalue weighted by atomic mass is 10.0. The Kier molecular flexibility index (Phi) is 5.43. The molecule has 2 fully saturated rings. The highest BCUT2D eigenvalue weighted by Gasteiger charge is 2.28. The summed E-state index contributed by atoms with van der Waals surface area (Å²) in [5.74, 6) is 1.98. The number of benzene rings is 1. The summed E-state index contributed by atoms with van der Waals surface area (Å²) in [6.45, 7) is 3.41. The maximum Gasteiger partial charge on any atom is 0.229 e. The van der Waals surface area contributed by atoms with Crippen LogP contribution in [0.3, 0.4) is 0 Å². The van der Waals surface area contributed by atoms with Gasteiger partial charge in [-0.15, -0.1) is 0 Å². The van der Waals surface area contributed by atoms with Crippen molar-refractivity contribution in [3.8, 4) is 0 Å². The summed E-state index contributed by atoms with van der Waals surface area (Å²) in [7, 11) is 0. The number of hydrogen-bond donors (Lipinski definition) is 0. The van der Waals surface area contributed by atoms with Gasteiger partial charge in [0.1, 0.15) is 6.10 Å². The molecule has 25 heavy (non-hydrogen) atoms. The third-order valence-electron chi connectivity index (χ3n) is 5.35. The maximum atomic E-state index is 5.93. The van der Waals surface area contributed by atoms with Crippen LogP contribution in [0, 0.1) is 0 Å². The van der Waals surface area contributed by atoms with Gasteiger partial charge in [-0.25, -0.2) is 0 Å². The van der Waals surface area contributed by atoms with Gasteiger partial charge in [0.2, 0.25) is 11.7 Å². The van der Waals surface area contributed by atoms with Gasteiger partial charge in [-0.1, -0.05) is 61.2 Å². The molecule has 0 radical (unpaired) electrons. The van der Waals surface area contributed by atoms with Crippen molar-refractivity contribution in [1.29, 1.82) is 0 Å². The second kappa shape index (κ2) is 8.11. The smallest absolute Gasteiger partial charge is 0.229 e. The minimum atomic E-state index is -0.0826. The van der Waals surface area contributed by atoms with E-state index in [0.717, 1.165) is 31.3 Å². The van der Waals surface area contributed by atoms with Gasteiger partial charge in [0.15, 0.2) is 0 Å². The summed E-state index contributed by atoms with van der Waals surface area (Å²) in [6, 6.07) is 10.6. The van der Waals surface area contributed by atoms with Crippen LogP contribution in [-0.2, 0) is 11.3 Å². The van der Waals surface area contributed by atoms with Crippen LogP contribution in [0.25, 0.3) is 0 Å².